The highest BCUT2D eigenvalue weighted by atomic mass is 79.9. The van der Waals surface area contributed by atoms with E-state index in [1.54, 1.807) is 17.4 Å². The zero-order chi connectivity index (χ0) is 15.3. The molecule has 2 aromatic heterocycles. The molecular formula is C13H17BrN2O2S3. The third-order valence-electron chi connectivity index (χ3n) is 2.82. The Labute approximate surface area is 141 Å². The Morgan fingerprint density at radius 3 is 2.38 bits per heavy atom. The first kappa shape index (κ1) is 17.1. The molecule has 0 aliphatic carbocycles. The second-order valence-corrected chi connectivity index (χ2v) is 10.1. The first-order valence-corrected chi connectivity index (χ1v) is 10.4. The molecule has 0 fully saturated rings. The van der Waals surface area contributed by atoms with Crippen molar-refractivity contribution in [3.05, 3.63) is 37.8 Å². The summed E-state index contributed by atoms with van der Waals surface area (Å²) in [6.45, 7) is 1.26. The van der Waals surface area contributed by atoms with Crippen molar-refractivity contribution in [2.45, 2.75) is 17.1 Å². The lowest BCUT2D eigenvalue weighted by atomic mass is 10.3. The Balaban J connectivity index is 1.90. The molecule has 0 spiro atoms. The average Bonchev–Trinajstić information content (AvgIpc) is 3.06. The quantitative estimate of drug-likeness (QED) is 0.705. The molecule has 0 saturated carbocycles. The molecule has 2 N–H and O–H groups in total. The van der Waals surface area contributed by atoms with Gasteiger partial charge in [0, 0.05) is 16.3 Å². The van der Waals surface area contributed by atoms with E-state index in [1.807, 2.05) is 25.2 Å². The van der Waals surface area contributed by atoms with Gasteiger partial charge in [-0.3, -0.25) is 0 Å². The van der Waals surface area contributed by atoms with Crippen LogP contribution in [-0.2, 0) is 22.9 Å². The molecule has 0 aliphatic rings. The molecule has 2 heterocycles. The van der Waals surface area contributed by atoms with Crippen LogP contribution in [0.25, 0.3) is 0 Å². The Bertz CT molecular complexity index is 679. The molecule has 2 aromatic rings. The van der Waals surface area contributed by atoms with E-state index in [-0.39, 0.29) is 0 Å². The number of halogens is 1. The summed E-state index contributed by atoms with van der Waals surface area (Å²) in [5, 5.41) is 3.06. The largest absolute Gasteiger partial charge is 0.319 e. The molecule has 4 nitrogen and oxygen atoms in total. The smallest absolute Gasteiger partial charge is 0.250 e. The summed E-state index contributed by atoms with van der Waals surface area (Å²) in [5.41, 5.74) is 0. The molecule has 0 atom stereocenters. The van der Waals surface area contributed by atoms with Crippen molar-refractivity contribution >= 4 is 48.6 Å². The Hall–Kier alpha value is -0.250. The van der Waals surface area contributed by atoms with Crippen molar-refractivity contribution < 1.29 is 8.42 Å². The second-order valence-electron chi connectivity index (χ2n) is 4.43. The molecule has 0 amide bonds. The summed E-state index contributed by atoms with van der Waals surface area (Å²) < 4.78 is 28.5. The SMILES string of the molecule is CNCCc1ccc(S(=O)(=O)NCCc2ccc(Br)s2)s1. The topological polar surface area (TPSA) is 58.2 Å². The maximum absolute atomic E-state index is 12.2. The number of rotatable bonds is 8. The van der Waals surface area contributed by atoms with E-state index in [4.69, 9.17) is 0 Å². The minimum absolute atomic E-state index is 0.390. The minimum atomic E-state index is -3.39. The predicted octanol–water partition coefficient (Wildman–Crippen LogP) is 2.86. The Kier molecular flexibility index (Phi) is 6.39. The molecule has 0 radical (unpaired) electrons. The van der Waals surface area contributed by atoms with Crippen molar-refractivity contribution in [1.82, 2.24) is 10.0 Å². The van der Waals surface area contributed by atoms with Crippen LogP contribution in [0.5, 0.6) is 0 Å². The van der Waals surface area contributed by atoms with E-state index in [9.17, 15) is 8.42 Å². The lowest BCUT2D eigenvalue weighted by molar-refractivity contribution is 0.584. The van der Waals surface area contributed by atoms with Gasteiger partial charge in [-0.2, -0.15) is 0 Å². The number of hydrogen-bond donors (Lipinski definition) is 2. The lowest BCUT2D eigenvalue weighted by Crippen LogP contribution is -2.25. The molecule has 21 heavy (non-hydrogen) atoms. The van der Waals surface area contributed by atoms with Gasteiger partial charge in [0.25, 0.3) is 0 Å². The number of sulfonamides is 1. The van der Waals surface area contributed by atoms with Crippen LogP contribution in [0.4, 0.5) is 0 Å². The van der Waals surface area contributed by atoms with Gasteiger partial charge in [0.05, 0.1) is 3.79 Å². The molecule has 0 bridgehead atoms. The van der Waals surface area contributed by atoms with Crippen LogP contribution in [-0.4, -0.2) is 28.6 Å². The number of thiophene rings is 2. The zero-order valence-electron chi connectivity index (χ0n) is 11.6. The van der Waals surface area contributed by atoms with Crippen molar-refractivity contribution in [2.75, 3.05) is 20.1 Å². The highest BCUT2D eigenvalue weighted by molar-refractivity contribution is 9.11. The van der Waals surface area contributed by atoms with E-state index >= 15 is 0 Å². The van der Waals surface area contributed by atoms with Crippen LogP contribution < -0.4 is 10.0 Å². The van der Waals surface area contributed by atoms with Crippen LogP contribution >= 0.6 is 38.6 Å². The van der Waals surface area contributed by atoms with Crippen molar-refractivity contribution in [1.29, 1.82) is 0 Å². The van der Waals surface area contributed by atoms with E-state index in [0.717, 1.165) is 26.5 Å². The van der Waals surface area contributed by atoms with E-state index < -0.39 is 10.0 Å². The molecule has 0 unspecified atom stereocenters. The standard InChI is InChI=1S/C13H17BrN2O2S3/c1-15-8-6-11-3-5-13(20-11)21(17,18)16-9-7-10-2-4-12(14)19-10/h2-5,15-16H,6-9H2,1H3. The van der Waals surface area contributed by atoms with Crippen LogP contribution in [0.3, 0.4) is 0 Å². The van der Waals surface area contributed by atoms with Gasteiger partial charge in [0.15, 0.2) is 0 Å². The van der Waals surface area contributed by atoms with Crippen LogP contribution in [0, 0.1) is 0 Å². The summed E-state index contributed by atoms with van der Waals surface area (Å²) in [4.78, 5) is 2.23. The average molecular weight is 409 g/mol. The third kappa shape index (κ3) is 5.15. The summed E-state index contributed by atoms with van der Waals surface area (Å²) in [7, 11) is -1.50. The van der Waals surface area contributed by atoms with Crippen LogP contribution in [0.2, 0.25) is 0 Å². The molecule has 2 rings (SSSR count). The molecule has 8 heteroatoms. The van der Waals surface area contributed by atoms with Gasteiger partial charge >= 0.3 is 0 Å². The highest BCUT2D eigenvalue weighted by Crippen LogP contribution is 2.23. The Morgan fingerprint density at radius 2 is 1.71 bits per heavy atom. The van der Waals surface area contributed by atoms with Crippen molar-refractivity contribution in [2.24, 2.45) is 0 Å². The van der Waals surface area contributed by atoms with E-state index in [1.165, 1.54) is 11.3 Å². The number of nitrogens with one attached hydrogen (secondary N) is 2. The molecule has 0 aliphatic heterocycles. The van der Waals surface area contributed by atoms with E-state index in [0.29, 0.717) is 17.2 Å². The fraction of sp³-hybridized carbons (Fsp3) is 0.385. The van der Waals surface area contributed by atoms with Gasteiger partial charge in [-0.05, 0) is 66.6 Å². The van der Waals surface area contributed by atoms with Gasteiger partial charge < -0.3 is 5.32 Å². The molecule has 116 valence electrons. The van der Waals surface area contributed by atoms with Crippen molar-refractivity contribution in [3.8, 4) is 0 Å². The lowest BCUT2D eigenvalue weighted by Gasteiger charge is -2.03. The molecule has 0 aromatic carbocycles. The van der Waals surface area contributed by atoms with Crippen LogP contribution in [0.1, 0.15) is 9.75 Å². The second kappa shape index (κ2) is 7.85. The first-order valence-electron chi connectivity index (χ1n) is 6.48. The van der Waals surface area contributed by atoms with Gasteiger partial charge in [0.1, 0.15) is 4.21 Å². The maximum atomic E-state index is 12.2. The fourth-order valence-corrected chi connectivity index (χ4v) is 5.67. The summed E-state index contributed by atoms with van der Waals surface area (Å²) in [6, 6.07) is 7.54. The number of hydrogen-bond acceptors (Lipinski definition) is 5. The van der Waals surface area contributed by atoms with Gasteiger partial charge in [-0.1, -0.05) is 0 Å². The fourth-order valence-electron chi connectivity index (χ4n) is 1.75. The molecular weight excluding hydrogens is 392 g/mol. The van der Waals surface area contributed by atoms with Crippen molar-refractivity contribution in [3.63, 3.8) is 0 Å². The highest BCUT2D eigenvalue weighted by Gasteiger charge is 2.16. The zero-order valence-corrected chi connectivity index (χ0v) is 15.6. The normalized spacial score (nSPS) is 11.9. The summed E-state index contributed by atoms with van der Waals surface area (Å²) >= 11 is 6.36. The third-order valence-corrected chi connectivity index (χ3v) is 7.60. The predicted molar refractivity (Wildman–Crippen MR) is 92.9 cm³/mol. The minimum Gasteiger partial charge on any atom is -0.319 e. The number of likely N-dealkylation sites (N-methyl/N-ethyl adjacent to an activating group) is 1. The summed E-state index contributed by atoms with van der Waals surface area (Å²) in [6.07, 6.45) is 1.55. The monoisotopic (exact) mass is 408 g/mol. The van der Waals surface area contributed by atoms with Gasteiger partial charge in [0.2, 0.25) is 10.0 Å². The summed E-state index contributed by atoms with van der Waals surface area (Å²) in [5.74, 6) is 0. The van der Waals surface area contributed by atoms with Gasteiger partial charge in [-0.25, -0.2) is 13.1 Å². The van der Waals surface area contributed by atoms with Gasteiger partial charge in [-0.15, -0.1) is 22.7 Å². The molecule has 0 saturated heterocycles. The maximum Gasteiger partial charge on any atom is 0.250 e. The first-order chi connectivity index (χ1) is 10.0. The van der Waals surface area contributed by atoms with E-state index in [2.05, 4.69) is 26.0 Å². The van der Waals surface area contributed by atoms with Crippen LogP contribution in [0.15, 0.2) is 32.3 Å². The Morgan fingerprint density at radius 1 is 1.05 bits per heavy atom.